The summed E-state index contributed by atoms with van der Waals surface area (Å²) in [5.74, 6) is -1.02. The lowest BCUT2D eigenvalue weighted by Crippen LogP contribution is -2.25. The van der Waals surface area contributed by atoms with Crippen molar-refractivity contribution in [3.8, 4) is 0 Å². The SMILES string of the molecule is O=C(O)/C=C/c1cc(CCNS(=O)(=O)c2ccc(Cl)cc2)cn1CCCc1cccnc1. The first-order valence-electron chi connectivity index (χ1n) is 10.1. The van der Waals surface area contributed by atoms with E-state index in [0.29, 0.717) is 18.0 Å². The molecule has 2 N–H and O–H groups in total. The average Bonchev–Trinajstić information content (AvgIpc) is 3.15. The Labute approximate surface area is 192 Å². The summed E-state index contributed by atoms with van der Waals surface area (Å²) in [6.07, 6.45) is 10.3. The molecule has 7 nitrogen and oxygen atoms in total. The lowest BCUT2D eigenvalue weighted by Gasteiger charge is -2.07. The minimum atomic E-state index is -3.63. The zero-order valence-corrected chi connectivity index (χ0v) is 18.9. The zero-order chi connectivity index (χ0) is 23.0. The number of halogens is 1. The molecule has 0 atom stereocenters. The van der Waals surface area contributed by atoms with Crippen LogP contribution in [0.2, 0.25) is 5.02 Å². The van der Waals surface area contributed by atoms with E-state index in [4.69, 9.17) is 16.7 Å². The summed E-state index contributed by atoms with van der Waals surface area (Å²) in [6, 6.07) is 11.8. The zero-order valence-electron chi connectivity index (χ0n) is 17.3. The number of aromatic nitrogens is 2. The Morgan fingerprint density at radius 3 is 2.62 bits per heavy atom. The third-order valence-corrected chi connectivity index (χ3v) is 6.53. The van der Waals surface area contributed by atoms with Gasteiger partial charge in [0, 0.05) is 48.5 Å². The highest BCUT2D eigenvalue weighted by Gasteiger charge is 2.13. The molecule has 0 amide bonds. The number of hydrogen-bond acceptors (Lipinski definition) is 4. The predicted octanol–water partition coefficient (Wildman–Crippen LogP) is 3.79. The van der Waals surface area contributed by atoms with Gasteiger partial charge in [0.25, 0.3) is 0 Å². The van der Waals surface area contributed by atoms with Gasteiger partial charge in [0.1, 0.15) is 0 Å². The third kappa shape index (κ3) is 7.05. The number of aryl methyl sites for hydroxylation is 2. The molecule has 2 aromatic heterocycles. The Kier molecular flexibility index (Phi) is 8.21. The maximum absolute atomic E-state index is 12.4. The van der Waals surface area contributed by atoms with Crippen molar-refractivity contribution in [2.75, 3.05) is 6.54 Å². The first-order valence-corrected chi connectivity index (χ1v) is 11.9. The number of nitrogens with one attached hydrogen (secondary N) is 1. The summed E-state index contributed by atoms with van der Waals surface area (Å²) >= 11 is 5.82. The molecular formula is C23H24ClN3O4S. The number of pyridine rings is 1. The number of sulfonamides is 1. The van der Waals surface area contributed by atoms with Crippen LogP contribution in [0.25, 0.3) is 6.08 Å². The predicted molar refractivity (Wildman–Crippen MR) is 124 cm³/mol. The molecule has 1 aromatic carbocycles. The minimum Gasteiger partial charge on any atom is -0.478 e. The second-order valence-corrected chi connectivity index (χ2v) is 9.41. The molecule has 0 saturated carbocycles. The maximum Gasteiger partial charge on any atom is 0.328 e. The number of carbonyl (C=O) groups is 1. The molecule has 0 fully saturated rings. The molecular weight excluding hydrogens is 450 g/mol. The summed E-state index contributed by atoms with van der Waals surface area (Å²) in [7, 11) is -3.63. The number of carboxylic acids is 1. The number of aliphatic carboxylic acids is 1. The van der Waals surface area contributed by atoms with E-state index in [2.05, 4.69) is 9.71 Å². The van der Waals surface area contributed by atoms with Crippen molar-refractivity contribution < 1.29 is 18.3 Å². The molecule has 32 heavy (non-hydrogen) atoms. The Balaban J connectivity index is 1.63. The smallest absolute Gasteiger partial charge is 0.328 e. The number of carboxylic acid groups (broad SMARTS) is 1. The van der Waals surface area contributed by atoms with Crippen molar-refractivity contribution >= 4 is 33.7 Å². The fourth-order valence-corrected chi connectivity index (χ4v) is 4.40. The maximum atomic E-state index is 12.4. The van der Waals surface area contributed by atoms with E-state index in [1.54, 1.807) is 12.3 Å². The van der Waals surface area contributed by atoms with Crippen LogP contribution in [-0.2, 0) is 34.2 Å². The van der Waals surface area contributed by atoms with Crippen LogP contribution < -0.4 is 4.72 Å². The van der Waals surface area contributed by atoms with Crippen molar-refractivity contribution in [3.05, 3.63) is 89.0 Å². The van der Waals surface area contributed by atoms with Gasteiger partial charge in [-0.1, -0.05) is 17.7 Å². The summed E-state index contributed by atoms with van der Waals surface area (Å²) in [5, 5.41) is 9.43. The van der Waals surface area contributed by atoms with Crippen LogP contribution in [0.5, 0.6) is 0 Å². The van der Waals surface area contributed by atoms with Gasteiger partial charge in [0.2, 0.25) is 10.0 Å². The Hall–Kier alpha value is -2.94. The molecule has 0 aliphatic heterocycles. The van der Waals surface area contributed by atoms with Crippen molar-refractivity contribution in [3.63, 3.8) is 0 Å². The van der Waals surface area contributed by atoms with E-state index < -0.39 is 16.0 Å². The van der Waals surface area contributed by atoms with Gasteiger partial charge in [-0.15, -0.1) is 0 Å². The third-order valence-electron chi connectivity index (χ3n) is 4.80. The lowest BCUT2D eigenvalue weighted by molar-refractivity contribution is -0.131. The van der Waals surface area contributed by atoms with Gasteiger partial charge in [0.05, 0.1) is 4.90 Å². The van der Waals surface area contributed by atoms with Crippen molar-refractivity contribution in [1.29, 1.82) is 0 Å². The van der Waals surface area contributed by atoms with Gasteiger partial charge in [0.15, 0.2) is 0 Å². The fraction of sp³-hybridized carbons (Fsp3) is 0.217. The van der Waals surface area contributed by atoms with E-state index in [-0.39, 0.29) is 11.4 Å². The molecule has 0 saturated heterocycles. The molecule has 9 heteroatoms. The van der Waals surface area contributed by atoms with Gasteiger partial charge < -0.3 is 9.67 Å². The van der Waals surface area contributed by atoms with Gasteiger partial charge >= 0.3 is 5.97 Å². The Morgan fingerprint density at radius 2 is 1.94 bits per heavy atom. The summed E-state index contributed by atoms with van der Waals surface area (Å²) in [6.45, 7) is 0.914. The average molecular weight is 474 g/mol. The second-order valence-electron chi connectivity index (χ2n) is 7.20. The monoisotopic (exact) mass is 473 g/mol. The number of benzene rings is 1. The van der Waals surface area contributed by atoms with Gasteiger partial charge in [-0.2, -0.15) is 0 Å². The van der Waals surface area contributed by atoms with E-state index >= 15 is 0 Å². The van der Waals surface area contributed by atoms with Gasteiger partial charge in [-0.25, -0.2) is 17.9 Å². The number of hydrogen-bond donors (Lipinski definition) is 2. The second kappa shape index (κ2) is 11.1. The topological polar surface area (TPSA) is 101 Å². The fourth-order valence-electron chi connectivity index (χ4n) is 3.24. The normalized spacial score (nSPS) is 11.8. The number of rotatable bonds is 11. The Morgan fingerprint density at radius 1 is 1.16 bits per heavy atom. The molecule has 168 valence electrons. The molecule has 0 aliphatic rings. The highest BCUT2D eigenvalue weighted by atomic mass is 35.5. The number of nitrogens with zero attached hydrogens (tertiary/aromatic N) is 2. The van der Waals surface area contributed by atoms with Crippen LogP contribution in [0.1, 0.15) is 23.2 Å². The van der Waals surface area contributed by atoms with Crippen molar-refractivity contribution in [2.45, 2.75) is 30.7 Å². The molecule has 0 bridgehead atoms. The summed E-state index contributed by atoms with van der Waals surface area (Å²) < 4.78 is 29.4. The van der Waals surface area contributed by atoms with E-state index in [0.717, 1.165) is 35.7 Å². The molecule has 0 unspecified atom stereocenters. The molecule has 3 rings (SSSR count). The van der Waals surface area contributed by atoms with Crippen LogP contribution in [-0.4, -0.2) is 35.6 Å². The van der Waals surface area contributed by atoms with Crippen LogP contribution in [0.15, 0.2) is 72.0 Å². The van der Waals surface area contributed by atoms with E-state index in [1.807, 2.05) is 35.2 Å². The van der Waals surface area contributed by atoms with Gasteiger partial charge in [-0.3, -0.25) is 4.98 Å². The minimum absolute atomic E-state index is 0.153. The van der Waals surface area contributed by atoms with Crippen LogP contribution in [0.4, 0.5) is 0 Å². The highest BCUT2D eigenvalue weighted by molar-refractivity contribution is 7.89. The van der Waals surface area contributed by atoms with Crippen LogP contribution in [0, 0.1) is 0 Å². The quantitative estimate of drug-likeness (QED) is 0.412. The largest absolute Gasteiger partial charge is 0.478 e. The van der Waals surface area contributed by atoms with Crippen molar-refractivity contribution in [2.24, 2.45) is 0 Å². The molecule has 3 aromatic rings. The highest BCUT2D eigenvalue weighted by Crippen LogP contribution is 2.16. The summed E-state index contributed by atoms with van der Waals surface area (Å²) in [4.78, 5) is 15.2. The van der Waals surface area contributed by atoms with Crippen molar-refractivity contribution in [1.82, 2.24) is 14.3 Å². The Bertz CT molecular complexity index is 1170. The summed E-state index contributed by atoms with van der Waals surface area (Å²) in [5.41, 5.74) is 2.81. The van der Waals surface area contributed by atoms with E-state index in [1.165, 1.54) is 24.3 Å². The lowest BCUT2D eigenvalue weighted by atomic mass is 10.1. The molecule has 0 aliphatic carbocycles. The first-order chi connectivity index (χ1) is 15.3. The first kappa shape index (κ1) is 23.7. The standard InChI is InChI=1S/C23H24ClN3O4S/c24-20-5-8-22(9-6-20)32(30,31)26-13-11-19-15-21(7-10-23(28)29)27(17-19)14-2-4-18-3-1-12-25-16-18/h1,3,5-10,12,15-17,26H,2,4,11,13-14H2,(H,28,29)/b10-7+. The van der Waals surface area contributed by atoms with Crippen LogP contribution >= 0.6 is 11.6 Å². The molecule has 0 radical (unpaired) electrons. The molecule has 2 heterocycles. The van der Waals surface area contributed by atoms with Gasteiger partial charge in [-0.05, 0) is 72.9 Å². The molecule has 0 spiro atoms. The van der Waals surface area contributed by atoms with E-state index in [9.17, 15) is 13.2 Å². The van der Waals surface area contributed by atoms with Crippen LogP contribution in [0.3, 0.4) is 0 Å².